The lowest BCUT2D eigenvalue weighted by Gasteiger charge is -2.71. The van der Waals surface area contributed by atoms with Crippen molar-refractivity contribution in [3.8, 4) is 22.6 Å². The van der Waals surface area contributed by atoms with Crippen LogP contribution in [0.2, 0.25) is 0 Å². The maximum absolute atomic E-state index is 13.9. The van der Waals surface area contributed by atoms with Gasteiger partial charge in [0.1, 0.15) is 11.7 Å². The van der Waals surface area contributed by atoms with Crippen LogP contribution in [-0.2, 0) is 16.6 Å². The van der Waals surface area contributed by atoms with Gasteiger partial charge in [-0.25, -0.2) is 0 Å². The zero-order valence-corrected chi connectivity index (χ0v) is 24.8. The number of carbonyl (C=O) groups is 1. The summed E-state index contributed by atoms with van der Waals surface area (Å²) >= 11 is 0. The Morgan fingerprint density at radius 1 is 1.00 bits per heavy atom. The Kier molecular flexibility index (Phi) is 5.39. The number of hydrogen-bond acceptors (Lipinski definition) is 5. The number of nitrogens with zero attached hydrogens (tertiary/aromatic N) is 1. The molecule has 2 unspecified atom stereocenters. The van der Waals surface area contributed by atoms with Gasteiger partial charge in [-0.15, -0.1) is 0 Å². The van der Waals surface area contributed by atoms with Crippen LogP contribution < -0.4 is 14.8 Å². The minimum atomic E-state index is -0.788. The number of piperidine rings is 1. The van der Waals surface area contributed by atoms with Gasteiger partial charge in [-0.3, -0.25) is 9.69 Å². The molecule has 1 amide bonds. The predicted molar refractivity (Wildman–Crippen MR) is 165 cm³/mol. The second-order valence-electron chi connectivity index (χ2n) is 13.6. The number of benzene rings is 3. The molecule has 220 valence electrons. The highest BCUT2D eigenvalue weighted by Gasteiger charge is 2.79. The van der Waals surface area contributed by atoms with E-state index in [1.54, 1.807) is 14.2 Å². The van der Waals surface area contributed by atoms with Gasteiger partial charge in [-0.1, -0.05) is 60.7 Å². The van der Waals surface area contributed by atoms with E-state index in [0.29, 0.717) is 11.6 Å². The molecule has 6 atom stereocenters. The summed E-state index contributed by atoms with van der Waals surface area (Å²) in [6.45, 7) is 2.23. The van der Waals surface area contributed by atoms with Crippen molar-refractivity contribution < 1.29 is 19.0 Å². The van der Waals surface area contributed by atoms with Crippen molar-refractivity contribution in [2.24, 2.45) is 11.3 Å². The molecule has 3 aromatic carbocycles. The van der Waals surface area contributed by atoms with Crippen LogP contribution in [0.15, 0.2) is 78.9 Å². The fourth-order valence-corrected chi connectivity index (χ4v) is 9.78. The first-order valence-corrected chi connectivity index (χ1v) is 15.9. The first kappa shape index (κ1) is 25.8. The lowest BCUT2D eigenvalue weighted by Crippen LogP contribution is -2.82. The van der Waals surface area contributed by atoms with Crippen LogP contribution in [0, 0.1) is 11.3 Å². The van der Waals surface area contributed by atoms with Gasteiger partial charge in [0.15, 0.2) is 11.5 Å². The lowest BCUT2D eigenvalue weighted by atomic mass is 9.38. The van der Waals surface area contributed by atoms with Crippen LogP contribution >= 0.6 is 0 Å². The van der Waals surface area contributed by atoms with Gasteiger partial charge in [0.2, 0.25) is 0 Å². The summed E-state index contributed by atoms with van der Waals surface area (Å²) in [7, 11) is 3.51. The van der Waals surface area contributed by atoms with Gasteiger partial charge in [0.25, 0.3) is 5.91 Å². The van der Waals surface area contributed by atoms with Crippen LogP contribution in [0.25, 0.3) is 11.1 Å². The van der Waals surface area contributed by atoms with Crippen molar-refractivity contribution in [1.82, 2.24) is 10.2 Å². The van der Waals surface area contributed by atoms with Gasteiger partial charge in [0.05, 0.1) is 18.6 Å². The third-order valence-electron chi connectivity index (χ3n) is 11.9. The van der Waals surface area contributed by atoms with E-state index in [4.69, 9.17) is 14.2 Å². The molecule has 0 aromatic heterocycles. The molecular formula is C37H38N2O4. The summed E-state index contributed by atoms with van der Waals surface area (Å²) in [6.07, 6.45) is 10.0. The van der Waals surface area contributed by atoms with E-state index in [-0.39, 0.29) is 28.9 Å². The largest absolute Gasteiger partial charge is 0.493 e. The van der Waals surface area contributed by atoms with Crippen molar-refractivity contribution in [3.05, 3.63) is 95.6 Å². The average Bonchev–Trinajstić information content (AvgIpc) is 3.79. The zero-order valence-electron chi connectivity index (χ0n) is 24.8. The molecule has 3 aromatic rings. The van der Waals surface area contributed by atoms with Crippen molar-refractivity contribution in [2.45, 2.75) is 61.3 Å². The highest BCUT2D eigenvalue weighted by molar-refractivity contribution is 5.95. The third kappa shape index (κ3) is 3.29. The summed E-state index contributed by atoms with van der Waals surface area (Å²) in [4.78, 5) is 16.7. The second kappa shape index (κ2) is 8.96. The third-order valence-corrected chi connectivity index (χ3v) is 11.9. The molecular weight excluding hydrogens is 536 g/mol. The number of ether oxygens (including phenoxy) is 3. The van der Waals surface area contributed by atoms with Gasteiger partial charge >= 0.3 is 0 Å². The quantitative estimate of drug-likeness (QED) is 0.376. The molecule has 3 fully saturated rings. The number of rotatable bonds is 7. The highest BCUT2D eigenvalue weighted by Crippen LogP contribution is 2.73. The Morgan fingerprint density at radius 3 is 2.53 bits per heavy atom. The summed E-state index contributed by atoms with van der Waals surface area (Å²) in [5.74, 6) is 2.42. The van der Waals surface area contributed by atoms with Gasteiger partial charge in [0, 0.05) is 36.2 Å². The number of likely N-dealkylation sites (tertiary alicyclic amines) is 1. The van der Waals surface area contributed by atoms with E-state index in [1.807, 2.05) is 42.5 Å². The van der Waals surface area contributed by atoms with Crippen molar-refractivity contribution >= 4 is 5.91 Å². The summed E-state index contributed by atoms with van der Waals surface area (Å²) in [5, 5.41) is 3.47. The SMILES string of the molecule is COc1ccc2c3c1OC1[C@@]4(OC)C=C[C@@]5(CC4NC(=O)c4ccc(-c6ccccc6)cc4)[C@@H](C2)N(CC2CC2)CC[C@]315. The molecule has 2 saturated carbocycles. The average molecular weight is 575 g/mol. The Morgan fingerprint density at radius 2 is 1.79 bits per heavy atom. The predicted octanol–water partition coefficient (Wildman–Crippen LogP) is 5.55. The summed E-state index contributed by atoms with van der Waals surface area (Å²) < 4.78 is 19.5. The normalized spacial score (nSPS) is 34.4. The Bertz CT molecular complexity index is 1650. The van der Waals surface area contributed by atoms with E-state index in [1.165, 1.54) is 30.5 Å². The maximum atomic E-state index is 13.9. The van der Waals surface area contributed by atoms with Gasteiger partial charge < -0.3 is 19.5 Å². The Labute approximate surface area is 253 Å². The van der Waals surface area contributed by atoms with E-state index >= 15 is 0 Å². The number of carbonyl (C=O) groups excluding carboxylic acids is 1. The minimum Gasteiger partial charge on any atom is -0.493 e. The van der Waals surface area contributed by atoms with Crippen LogP contribution in [0.4, 0.5) is 0 Å². The maximum Gasteiger partial charge on any atom is 0.251 e. The molecule has 2 heterocycles. The van der Waals surface area contributed by atoms with Crippen molar-refractivity contribution in [2.75, 3.05) is 27.3 Å². The van der Waals surface area contributed by atoms with Crippen LogP contribution in [0.5, 0.6) is 11.5 Å². The standard InChI is InChI=1S/C37H38N2O4/c1-41-28-15-14-27-20-30-35-16-17-37(42-2,34-36(35,31(27)32(28)43-34)18-19-39(30)22-23-8-9-23)29(21-35)38-33(40)26-12-10-25(11-13-26)24-6-4-3-5-7-24/h3-7,10-17,23,29-30,34H,8-9,18-22H2,1-2H3,(H,38,40)/t29?,30-,34?,35-,36+,37-/m1/s1. The molecule has 6 nitrogen and oxygen atoms in total. The topological polar surface area (TPSA) is 60.0 Å². The van der Waals surface area contributed by atoms with Crippen LogP contribution in [-0.4, -0.2) is 61.9 Å². The first-order chi connectivity index (χ1) is 21.0. The highest BCUT2D eigenvalue weighted by atomic mass is 16.6. The molecule has 6 heteroatoms. The fraction of sp³-hybridized carbons (Fsp3) is 0.432. The monoisotopic (exact) mass is 574 g/mol. The number of methoxy groups -OCH3 is 2. The molecule has 1 N–H and O–H groups in total. The summed E-state index contributed by atoms with van der Waals surface area (Å²) in [6, 6.07) is 22.7. The number of fused-ring (bicyclic) bond motifs is 1. The number of amides is 1. The molecule has 0 radical (unpaired) electrons. The number of nitrogens with one attached hydrogen (secondary N) is 1. The molecule has 2 aliphatic heterocycles. The molecule has 43 heavy (non-hydrogen) atoms. The van der Waals surface area contributed by atoms with Crippen molar-refractivity contribution in [1.29, 1.82) is 0 Å². The molecule has 5 aliphatic carbocycles. The molecule has 4 bridgehead atoms. The molecule has 2 spiro atoms. The summed E-state index contributed by atoms with van der Waals surface area (Å²) in [5.41, 5.74) is 4.46. The van der Waals surface area contributed by atoms with Gasteiger partial charge in [-0.05, 0) is 79.5 Å². The zero-order chi connectivity index (χ0) is 29.0. The minimum absolute atomic E-state index is 0.0722. The first-order valence-electron chi connectivity index (χ1n) is 15.9. The molecule has 10 rings (SSSR count). The smallest absolute Gasteiger partial charge is 0.251 e. The van der Waals surface area contributed by atoms with E-state index in [9.17, 15) is 4.79 Å². The van der Waals surface area contributed by atoms with Crippen molar-refractivity contribution in [3.63, 3.8) is 0 Å². The Balaban J connectivity index is 1.12. The van der Waals surface area contributed by atoms with Crippen LogP contribution in [0.3, 0.4) is 0 Å². The second-order valence-corrected chi connectivity index (χ2v) is 13.6. The lowest BCUT2D eigenvalue weighted by molar-refractivity contribution is -0.201. The van der Waals surface area contributed by atoms with Gasteiger partial charge in [-0.2, -0.15) is 0 Å². The van der Waals surface area contributed by atoms with E-state index in [0.717, 1.165) is 54.4 Å². The Hall–Kier alpha value is -3.61. The van der Waals surface area contributed by atoms with E-state index in [2.05, 4.69) is 46.6 Å². The molecule has 7 aliphatic rings. The molecule has 1 saturated heterocycles. The fourth-order valence-electron chi connectivity index (χ4n) is 9.78. The number of hydrogen-bond donors (Lipinski definition) is 1. The van der Waals surface area contributed by atoms with E-state index < -0.39 is 5.60 Å². The van der Waals surface area contributed by atoms with Crippen LogP contribution in [0.1, 0.15) is 47.2 Å².